The van der Waals surface area contributed by atoms with E-state index in [0.29, 0.717) is 17.5 Å². The normalized spacial score (nSPS) is 29.2. The number of hydrogen-bond acceptors (Lipinski definition) is 4. The van der Waals surface area contributed by atoms with Crippen molar-refractivity contribution in [2.75, 3.05) is 20.7 Å². The molecule has 0 spiro atoms. The predicted molar refractivity (Wildman–Crippen MR) is 101 cm³/mol. The molecule has 6 nitrogen and oxygen atoms in total. The van der Waals surface area contributed by atoms with E-state index in [1.165, 1.54) is 13.2 Å². The standard InChI is InChI=1S/C19H24F3NO.H2O4S/c1-23-10-9-18-8-4-3-5-13(18)14(23)11-12-6-7-15(24-2)17(16(12)18)19(20,21)22;1-5(2,3)4/h6-7,13-14H,3-5,8-11H2,1-2H3;(H2,1,2,3,4)/t13?,14-,18-;/m1./s1. The maximum absolute atomic E-state index is 14.0. The minimum atomic E-state index is -4.67. The third-order valence-electron chi connectivity index (χ3n) is 6.72. The maximum atomic E-state index is 14.0. The summed E-state index contributed by atoms with van der Waals surface area (Å²) >= 11 is 0. The first-order valence-corrected chi connectivity index (χ1v) is 11.0. The van der Waals surface area contributed by atoms with Crippen molar-refractivity contribution in [1.29, 1.82) is 0 Å². The molecule has 2 aliphatic carbocycles. The summed E-state index contributed by atoms with van der Waals surface area (Å²) in [7, 11) is -1.20. The lowest BCUT2D eigenvalue weighted by molar-refractivity contribution is -0.141. The fraction of sp³-hybridized carbons (Fsp3) is 0.684. The van der Waals surface area contributed by atoms with E-state index in [0.717, 1.165) is 50.6 Å². The molecule has 2 N–H and O–H groups in total. The summed E-state index contributed by atoms with van der Waals surface area (Å²) < 4.78 is 78.7. The van der Waals surface area contributed by atoms with Gasteiger partial charge in [-0.3, -0.25) is 9.11 Å². The Labute approximate surface area is 168 Å². The quantitative estimate of drug-likeness (QED) is 0.651. The molecule has 4 rings (SSSR count). The van der Waals surface area contributed by atoms with Crippen LogP contribution in [0.25, 0.3) is 0 Å². The lowest BCUT2D eigenvalue weighted by Gasteiger charge is -2.59. The number of ether oxygens (including phenoxy) is 1. The third-order valence-corrected chi connectivity index (χ3v) is 6.72. The van der Waals surface area contributed by atoms with Crippen LogP contribution in [-0.2, 0) is 28.4 Å². The molecule has 0 amide bonds. The summed E-state index contributed by atoms with van der Waals surface area (Å²) in [6.45, 7) is 0.884. The first-order chi connectivity index (χ1) is 13.4. The van der Waals surface area contributed by atoms with Crippen LogP contribution in [0.1, 0.15) is 48.8 Å². The summed E-state index contributed by atoms with van der Waals surface area (Å²) in [5.74, 6) is 0.322. The molecule has 1 aromatic rings. The number of rotatable bonds is 1. The molecule has 1 saturated carbocycles. The van der Waals surface area contributed by atoms with Crippen LogP contribution in [0.2, 0.25) is 0 Å². The molecule has 2 bridgehead atoms. The monoisotopic (exact) mass is 437 g/mol. The Morgan fingerprint density at radius 3 is 2.45 bits per heavy atom. The number of methoxy groups -OCH3 is 1. The molecule has 1 aromatic carbocycles. The summed E-state index contributed by atoms with van der Waals surface area (Å²) in [4.78, 5) is 2.37. The van der Waals surface area contributed by atoms with Crippen molar-refractivity contribution in [1.82, 2.24) is 4.90 Å². The van der Waals surface area contributed by atoms with E-state index in [-0.39, 0.29) is 11.2 Å². The molecule has 1 aliphatic heterocycles. The second-order valence-electron chi connectivity index (χ2n) is 8.13. The fourth-order valence-corrected chi connectivity index (χ4v) is 5.76. The van der Waals surface area contributed by atoms with Gasteiger partial charge in [0.2, 0.25) is 0 Å². The molecule has 0 radical (unpaired) electrons. The molecule has 3 atom stereocenters. The van der Waals surface area contributed by atoms with Crippen LogP contribution < -0.4 is 4.74 Å². The molecule has 1 saturated heterocycles. The number of nitrogens with zero attached hydrogens (tertiary/aromatic N) is 1. The molecular weight excluding hydrogens is 411 g/mol. The highest BCUT2D eigenvalue weighted by Gasteiger charge is 2.56. The molecule has 0 aromatic heterocycles. The Morgan fingerprint density at radius 2 is 1.86 bits per heavy atom. The van der Waals surface area contributed by atoms with Gasteiger partial charge >= 0.3 is 16.6 Å². The molecule has 1 unspecified atom stereocenters. The lowest BCUT2D eigenvalue weighted by atomic mass is 9.51. The van der Waals surface area contributed by atoms with Crippen molar-refractivity contribution in [3.63, 3.8) is 0 Å². The Bertz CT molecular complexity index is 865. The Hall–Kier alpha value is -1.36. The first-order valence-electron chi connectivity index (χ1n) is 9.56. The lowest BCUT2D eigenvalue weighted by Crippen LogP contribution is -2.60. The summed E-state index contributed by atoms with van der Waals surface area (Å²) in [5, 5.41) is 0. The van der Waals surface area contributed by atoms with E-state index in [4.69, 9.17) is 22.3 Å². The second kappa shape index (κ2) is 7.72. The zero-order valence-electron chi connectivity index (χ0n) is 16.4. The van der Waals surface area contributed by atoms with Crippen molar-refractivity contribution in [2.45, 2.75) is 56.2 Å². The van der Waals surface area contributed by atoms with Gasteiger partial charge in [-0.2, -0.15) is 21.6 Å². The van der Waals surface area contributed by atoms with Gasteiger partial charge in [-0.25, -0.2) is 0 Å². The van der Waals surface area contributed by atoms with Gasteiger partial charge in [0, 0.05) is 11.5 Å². The molecule has 3 aliphatic rings. The van der Waals surface area contributed by atoms with Crippen LogP contribution in [-0.4, -0.2) is 49.2 Å². The number of piperidine rings is 1. The summed E-state index contributed by atoms with van der Waals surface area (Å²) in [6.07, 6.45) is 1.27. The van der Waals surface area contributed by atoms with Gasteiger partial charge in [0.15, 0.2) is 0 Å². The Balaban J connectivity index is 0.000000431. The molecule has 1 heterocycles. The van der Waals surface area contributed by atoms with Crippen LogP contribution in [0.5, 0.6) is 5.75 Å². The highest BCUT2D eigenvalue weighted by Crippen LogP contribution is 2.59. The SMILES string of the molecule is COc1ccc2c(c1C(F)(F)F)[C@@]13CCCCC1[C@@H](C2)N(C)CC3.O=S(=O)(O)O. The summed E-state index contributed by atoms with van der Waals surface area (Å²) in [5.41, 5.74) is 0.640. The molecule has 29 heavy (non-hydrogen) atoms. The van der Waals surface area contributed by atoms with E-state index < -0.39 is 22.1 Å². The number of likely N-dealkylation sites (N-methyl/N-ethyl adjacent to an activating group) is 1. The average Bonchev–Trinajstić information content (AvgIpc) is 2.61. The Morgan fingerprint density at radius 1 is 1.21 bits per heavy atom. The van der Waals surface area contributed by atoms with Crippen LogP contribution in [0, 0.1) is 5.92 Å². The van der Waals surface area contributed by atoms with Gasteiger partial charge < -0.3 is 9.64 Å². The maximum Gasteiger partial charge on any atom is 0.420 e. The van der Waals surface area contributed by atoms with E-state index in [9.17, 15) is 13.2 Å². The van der Waals surface area contributed by atoms with E-state index in [2.05, 4.69) is 11.9 Å². The fourth-order valence-electron chi connectivity index (χ4n) is 5.76. The van der Waals surface area contributed by atoms with E-state index in [1.54, 1.807) is 0 Å². The number of halogens is 3. The predicted octanol–water partition coefficient (Wildman–Crippen LogP) is 3.75. The van der Waals surface area contributed by atoms with E-state index in [1.807, 2.05) is 6.07 Å². The minimum absolute atomic E-state index is 0.0164. The van der Waals surface area contributed by atoms with Crippen molar-refractivity contribution in [3.8, 4) is 5.75 Å². The van der Waals surface area contributed by atoms with Crippen LogP contribution in [0.3, 0.4) is 0 Å². The summed E-state index contributed by atoms with van der Waals surface area (Å²) in [6, 6.07) is 3.76. The van der Waals surface area contributed by atoms with Crippen molar-refractivity contribution in [3.05, 3.63) is 28.8 Å². The zero-order chi connectivity index (χ0) is 21.6. The average molecular weight is 437 g/mol. The molecule has 2 fully saturated rings. The molecular formula is C19H26F3NO5S. The van der Waals surface area contributed by atoms with Gasteiger partial charge in [-0.1, -0.05) is 18.9 Å². The van der Waals surface area contributed by atoms with Gasteiger partial charge in [-0.05, 0) is 62.4 Å². The highest BCUT2D eigenvalue weighted by atomic mass is 32.3. The van der Waals surface area contributed by atoms with Gasteiger partial charge in [-0.15, -0.1) is 0 Å². The zero-order valence-corrected chi connectivity index (χ0v) is 17.2. The van der Waals surface area contributed by atoms with Crippen LogP contribution in [0.4, 0.5) is 13.2 Å². The van der Waals surface area contributed by atoms with Crippen LogP contribution >= 0.6 is 0 Å². The van der Waals surface area contributed by atoms with Gasteiger partial charge in [0.1, 0.15) is 11.3 Å². The number of hydrogen-bond donors (Lipinski definition) is 2. The second-order valence-corrected chi connectivity index (χ2v) is 9.03. The van der Waals surface area contributed by atoms with E-state index >= 15 is 0 Å². The number of likely N-dealkylation sites (tertiary alicyclic amines) is 1. The molecule has 10 heteroatoms. The van der Waals surface area contributed by atoms with Crippen molar-refractivity contribution in [2.24, 2.45) is 5.92 Å². The first kappa shape index (κ1) is 22.3. The topological polar surface area (TPSA) is 87.1 Å². The number of fused-ring (bicyclic) bond motifs is 1. The third kappa shape index (κ3) is 4.26. The van der Waals surface area contributed by atoms with Gasteiger partial charge in [0.25, 0.3) is 0 Å². The number of alkyl halides is 3. The minimum Gasteiger partial charge on any atom is -0.496 e. The smallest absolute Gasteiger partial charge is 0.420 e. The largest absolute Gasteiger partial charge is 0.496 e. The number of benzene rings is 1. The van der Waals surface area contributed by atoms with Crippen molar-refractivity contribution < 1.29 is 35.4 Å². The van der Waals surface area contributed by atoms with Gasteiger partial charge in [0.05, 0.1) is 7.11 Å². The highest BCUT2D eigenvalue weighted by molar-refractivity contribution is 7.79. The molecule has 164 valence electrons. The van der Waals surface area contributed by atoms with Crippen LogP contribution in [0.15, 0.2) is 12.1 Å². The van der Waals surface area contributed by atoms with Crippen molar-refractivity contribution >= 4 is 10.4 Å². The Kier molecular flexibility index (Phi) is 5.94.